The predicted octanol–water partition coefficient (Wildman–Crippen LogP) is 5.63. The van der Waals surface area contributed by atoms with Crippen molar-refractivity contribution in [3.05, 3.63) is 89.1 Å². The fourth-order valence-electron chi connectivity index (χ4n) is 4.37. The number of aromatic nitrogens is 2. The van der Waals surface area contributed by atoms with Crippen LogP contribution in [0.25, 0.3) is 10.9 Å². The minimum absolute atomic E-state index is 0.390. The first-order valence-electron chi connectivity index (χ1n) is 13.2. The van der Waals surface area contributed by atoms with Crippen LogP contribution in [-0.4, -0.2) is 51.2 Å². The van der Waals surface area contributed by atoms with Crippen LogP contribution in [0.5, 0.6) is 5.75 Å². The van der Waals surface area contributed by atoms with E-state index in [2.05, 4.69) is 22.1 Å². The number of aryl methyl sites for hydroxylation is 2. The van der Waals surface area contributed by atoms with Crippen molar-refractivity contribution in [2.24, 2.45) is 0 Å². The zero-order valence-corrected chi connectivity index (χ0v) is 23.3. The zero-order valence-electron chi connectivity index (χ0n) is 23.3. The molecule has 206 valence electrons. The number of aliphatic hydroxyl groups excluding tert-OH is 1. The fourth-order valence-corrected chi connectivity index (χ4v) is 4.37. The SMILES string of the molecule is Cc1ccc([C@@H](O)CN(CCOc2ccc3c(C)nn(C(=O)OC(C)(C)C)c3c2)Cc2ccccc2)cc1N. The van der Waals surface area contributed by atoms with Crippen LogP contribution in [-0.2, 0) is 11.3 Å². The van der Waals surface area contributed by atoms with Gasteiger partial charge in [0, 0.05) is 36.8 Å². The highest BCUT2D eigenvalue weighted by molar-refractivity contribution is 5.90. The smallest absolute Gasteiger partial charge is 0.435 e. The number of nitrogens with zero attached hydrogens (tertiary/aromatic N) is 3. The normalized spacial score (nSPS) is 12.6. The lowest BCUT2D eigenvalue weighted by atomic mass is 10.0. The number of fused-ring (bicyclic) bond motifs is 1. The summed E-state index contributed by atoms with van der Waals surface area (Å²) in [6.07, 6.45) is -1.23. The summed E-state index contributed by atoms with van der Waals surface area (Å²) in [4.78, 5) is 14.9. The van der Waals surface area contributed by atoms with Crippen molar-refractivity contribution >= 4 is 22.7 Å². The average Bonchev–Trinajstić information content (AvgIpc) is 3.21. The van der Waals surface area contributed by atoms with Crippen LogP contribution in [0.3, 0.4) is 0 Å². The number of nitrogens with two attached hydrogens (primary N) is 1. The fraction of sp³-hybridized carbons (Fsp3) is 0.355. The van der Waals surface area contributed by atoms with Gasteiger partial charge in [0.1, 0.15) is 18.0 Å². The molecular weight excluding hydrogens is 492 g/mol. The second-order valence-corrected chi connectivity index (χ2v) is 10.9. The first-order valence-corrected chi connectivity index (χ1v) is 13.2. The molecule has 3 N–H and O–H groups in total. The third-order valence-electron chi connectivity index (χ3n) is 6.45. The summed E-state index contributed by atoms with van der Waals surface area (Å²) in [6.45, 7) is 11.3. The molecule has 0 saturated carbocycles. The largest absolute Gasteiger partial charge is 0.492 e. The van der Waals surface area contributed by atoms with Crippen LogP contribution < -0.4 is 10.5 Å². The molecule has 4 rings (SSSR count). The second kappa shape index (κ2) is 11.9. The molecule has 4 aromatic rings. The van der Waals surface area contributed by atoms with E-state index in [1.54, 1.807) is 0 Å². The van der Waals surface area contributed by atoms with Gasteiger partial charge < -0.3 is 20.3 Å². The highest BCUT2D eigenvalue weighted by atomic mass is 16.6. The van der Waals surface area contributed by atoms with Crippen molar-refractivity contribution in [3.8, 4) is 5.75 Å². The number of rotatable bonds is 9. The summed E-state index contributed by atoms with van der Waals surface area (Å²) in [7, 11) is 0. The molecule has 0 aliphatic heterocycles. The van der Waals surface area contributed by atoms with Gasteiger partial charge in [0.05, 0.1) is 17.3 Å². The number of anilines is 1. The molecule has 0 unspecified atom stereocenters. The van der Waals surface area contributed by atoms with Gasteiger partial charge in [0.15, 0.2) is 0 Å². The number of benzene rings is 3. The Kier molecular flexibility index (Phi) is 8.57. The molecule has 0 saturated heterocycles. The molecule has 39 heavy (non-hydrogen) atoms. The van der Waals surface area contributed by atoms with Gasteiger partial charge in [-0.3, -0.25) is 4.90 Å². The van der Waals surface area contributed by atoms with Gasteiger partial charge in [-0.25, -0.2) is 4.79 Å². The molecule has 1 atom stereocenters. The van der Waals surface area contributed by atoms with Gasteiger partial charge in [-0.2, -0.15) is 9.78 Å². The second-order valence-electron chi connectivity index (χ2n) is 10.9. The molecule has 8 heteroatoms. The van der Waals surface area contributed by atoms with Crippen molar-refractivity contribution in [1.82, 2.24) is 14.7 Å². The number of carbonyl (C=O) groups is 1. The van der Waals surface area contributed by atoms with Gasteiger partial charge in [0.25, 0.3) is 0 Å². The minimum Gasteiger partial charge on any atom is -0.492 e. The molecule has 0 spiro atoms. The van der Waals surface area contributed by atoms with Crippen LogP contribution in [0.4, 0.5) is 10.5 Å². The zero-order chi connectivity index (χ0) is 28.2. The third-order valence-corrected chi connectivity index (χ3v) is 6.45. The summed E-state index contributed by atoms with van der Waals surface area (Å²) in [5, 5.41) is 16.2. The molecule has 0 aliphatic rings. The molecule has 0 aliphatic carbocycles. The minimum atomic E-state index is -0.695. The molecule has 0 amide bonds. The van der Waals surface area contributed by atoms with Gasteiger partial charge in [-0.15, -0.1) is 0 Å². The number of aliphatic hydroxyl groups is 1. The first-order chi connectivity index (χ1) is 18.5. The average molecular weight is 531 g/mol. The quantitative estimate of drug-likeness (QED) is 0.270. The summed E-state index contributed by atoms with van der Waals surface area (Å²) < 4.78 is 12.9. The molecular formula is C31H38N4O4. The maximum absolute atomic E-state index is 12.7. The Morgan fingerprint density at radius 2 is 1.82 bits per heavy atom. The van der Waals surface area contributed by atoms with Gasteiger partial charge in [0.2, 0.25) is 0 Å². The summed E-state index contributed by atoms with van der Waals surface area (Å²) in [5.74, 6) is 0.624. The number of hydrogen-bond acceptors (Lipinski definition) is 7. The molecule has 1 aromatic heterocycles. The molecule has 0 fully saturated rings. The molecule has 8 nitrogen and oxygen atoms in total. The standard InChI is InChI=1S/C31H38N4O4/c1-21-11-12-24(17-27(21)32)29(36)20-34(19-23-9-7-6-8-10-23)15-16-38-25-13-14-26-22(2)33-35(28(26)18-25)30(37)39-31(3,4)5/h6-14,17-18,29,36H,15-16,19-20,32H2,1-5H3/t29-/m0/s1. The summed E-state index contributed by atoms with van der Waals surface area (Å²) >= 11 is 0. The van der Waals surface area contributed by atoms with Gasteiger partial charge >= 0.3 is 6.09 Å². The topological polar surface area (TPSA) is 103 Å². The van der Waals surface area contributed by atoms with E-state index >= 15 is 0 Å². The Hall–Kier alpha value is -3.88. The van der Waals surface area contributed by atoms with Crippen molar-refractivity contribution < 1.29 is 19.4 Å². The Bertz CT molecular complexity index is 1430. The van der Waals surface area contributed by atoms with E-state index in [9.17, 15) is 9.90 Å². The van der Waals surface area contributed by atoms with Crippen LogP contribution >= 0.6 is 0 Å². The van der Waals surface area contributed by atoms with Gasteiger partial charge in [-0.05, 0) is 69.5 Å². The van der Waals surface area contributed by atoms with E-state index in [1.807, 2.05) is 89.2 Å². The van der Waals surface area contributed by atoms with E-state index in [-0.39, 0.29) is 0 Å². The van der Waals surface area contributed by atoms with E-state index in [1.165, 1.54) is 4.68 Å². The summed E-state index contributed by atoms with van der Waals surface area (Å²) in [5.41, 5.74) is 10.4. The molecule has 1 heterocycles. The number of carbonyl (C=O) groups excluding carboxylic acids is 1. The Balaban J connectivity index is 1.47. The Morgan fingerprint density at radius 3 is 2.51 bits per heavy atom. The molecule has 3 aromatic carbocycles. The summed E-state index contributed by atoms with van der Waals surface area (Å²) in [6, 6.07) is 21.4. The maximum Gasteiger partial charge on any atom is 0.435 e. The maximum atomic E-state index is 12.7. The van der Waals surface area contributed by atoms with E-state index < -0.39 is 17.8 Å². The van der Waals surface area contributed by atoms with Crippen LogP contribution in [0, 0.1) is 13.8 Å². The van der Waals surface area contributed by atoms with E-state index in [4.69, 9.17) is 15.2 Å². The first kappa shape index (κ1) is 28.1. The Labute approximate surface area is 229 Å². The van der Waals surface area contributed by atoms with Crippen molar-refractivity contribution in [2.45, 2.75) is 52.9 Å². The Morgan fingerprint density at radius 1 is 1.08 bits per heavy atom. The molecule has 0 radical (unpaired) electrons. The van der Waals surface area contributed by atoms with E-state index in [0.29, 0.717) is 43.2 Å². The van der Waals surface area contributed by atoms with Crippen LogP contribution in [0.2, 0.25) is 0 Å². The number of ether oxygens (including phenoxy) is 2. The van der Waals surface area contributed by atoms with Crippen molar-refractivity contribution in [2.75, 3.05) is 25.4 Å². The highest BCUT2D eigenvalue weighted by Crippen LogP contribution is 2.25. The lowest BCUT2D eigenvalue weighted by molar-refractivity contribution is 0.0522. The van der Waals surface area contributed by atoms with Crippen LogP contribution in [0.15, 0.2) is 66.7 Å². The third kappa shape index (κ3) is 7.37. The number of hydrogen-bond donors (Lipinski definition) is 2. The monoisotopic (exact) mass is 530 g/mol. The lowest BCUT2D eigenvalue weighted by Gasteiger charge is -2.26. The van der Waals surface area contributed by atoms with E-state index in [0.717, 1.165) is 27.8 Å². The van der Waals surface area contributed by atoms with Crippen LogP contribution in [0.1, 0.15) is 49.3 Å². The van der Waals surface area contributed by atoms with Gasteiger partial charge in [-0.1, -0.05) is 42.5 Å². The molecule has 0 bridgehead atoms. The number of nitrogen functional groups attached to an aromatic ring is 1. The lowest BCUT2D eigenvalue weighted by Crippen LogP contribution is -2.32. The highest BCUT2D eigenvalue weighted by Gasteiger charge is 2.22. The van der Waals surface area contributed by atoms with Crippen molar-refractivity contribution in [1.29, 1.82) is 0 Å². The van der Waals surface area contributed by atoms with Crippen molar-refractivity contribution in [3.63, 3.8) is 0 Å². The predicted molar refractivity (Wildman–Crippen MR) is 154 cm³/mol.